The molecule has 14 heavy (non-hydrogen) atoms. The van der Waals surface area contributed by atoms with Crippen LogP contribution in [0.4, 0.5) is 0 Å². The van der Waals surface area contributed by atoms with Crippen LogP contribution >= 0.6 is 17.0 Å². The number of carbonyl (C=O) groups is 1. The molecule has 1 aromatic rings. The third kappa shape index (κ3) is 1.96. The topological polar surface area (TPSA) is 52.3 Å². The molecule has 1 amide bonds. The van der Waals surface area contributed by atoms with Crippen molar-refractivity contribution in [3.05, 3.63) is 41.7 Å². The monoisotopic (exact) mass is 255 g/mol. The zero-order valence-electron chi connectivity index (χ0n) is 7.40. The summed E-state index contributed by atoms with van der Waals surface area (Å²) in [6.45, 7) is 0. The summed E-state index contributed by atoms with van der Waals surface area (Å²) < 4.78 is 5.23. The van der Waals surface area contributed by atoms with Gasteiger partial charge in [-0.05, 0) is 36.3 Å². The molecule has 0 aromatic heterocycles. The van der Waals surface area contributed by atoms with Crippen molar-refractivity contribution in [3.63, 3.8) is 0 Å². The summed E-state index contributed by atoms with van der Waals surface area (Å²) in [4.78, 5) is 10.9. The van der Waals surface area contributed by atoms with Gasteiger partial charge in [-0.3, -0.25) is 4.79 Å². The van der Waals surface area contributed by atoms with Gasteiger partial charge in [-0.25, -0.2) is 0 Å². The van der Waals surface area contributed by atoms with E-state index in [1.54, 1.807) is 24.5 Å². The van der Waals surface area contributed by atoms with E-state index in [1.165, 1.54) is 0 Å². The highest BCUT2D eigenvalue weighted by Gasteiger charge is 2.08. The smallest absolute Gasteiger partial charge is 0.248 e. The second-order valence-electron chi connectivity index (χ2n) is 2.88. The Morgan fingerprint density at radius 1 is 1.43 bits per heavy atom. The number of ether oxygens (including phenoxy) is 1. The fourth-order valence-electron chi connectivity index (χ4n) is 1.30. The predicted octanol–water partition coefficient (Wildman–Crippen LogP) is 1.81. The Labute approximate surface area is 92.3 Å². The molecule has 74 valence electrons. The van der Waals surface area contributed by atoms with Gasteiger partial charge in [0, 0.05) is 5.56 Å². The van der Waals surface area contributed by atoms with E-state index in [-0.39, 0.29) is 17.0 Å². The van der Waals surface area contributed by atoms with Gasteiger partial charge in [0.25, 0.3) is 0 Å². The Morgan fingerprint density at radius 3 is 2.93 bits per heavy atom. The van der Waals surface area contributed by atoms with Crippen LogP contribution in [0.25, 0.3) is 0 Å². The normalized spacial score (nSPS) is 12.3. The molecule has 0 atom stereocenters. The number of allylic oxidation sites excluding steroid dienone is 1. The van der Waals surface area contributed by atoms with E-state index in [1.807, 2.05) is 6.08 Å². The number of hydrogen-bond acceptors (Lipinski definition) is 2. The molecule has 0 aliphatic carbocycles. The van der Waals surface area contributed by atoms with Gasteiger partial charge in [-0.15, -0.1) is 17.0 Å². The number of primary amides is 1. The number of hydrogen-bond donors (Lipinski definition) is 1. The van der Waals surface area contributed by atoms with Gasteiger partial charge in [0.05, 0.1) is 6.26 Å². The van der Waals surface area contributed by atoms with Crippen LogP contribution in [0, 0.1) is 0 Å². The Kier molecular flexibility index (Phi) is 3.30. The molecule has 0 saturated heterocycles. The van der Waals surface area contributed by atoms with E-state index < -0.39 is 5.91 Å². The lowest BCUT2D eigenvalue weighted by molar-refractivity contribution is 0.1000. The summed E-state index contributed by atoms with van der Waals surface area (Å²) in [6, 6.07) is 5.19. The largest absolute Gasteiger partial charge is 0.465 e. The first kappa shape index (κ1) is 10.8. The van der Waals surface area contributed by atoms with Crippen LogP contribution in [-0.2, 0) is 6.42 Å². The predicted molar refractivity (Wildman–Crippen MR) is 58.8 cm³/mol. The molecule has 0 bridgehead atoms. The molecule has 0 saturated carbocycles. The van der Waals surface area contributed by atoms with Crippen molar-refractivity contribution in [1.82, 2.24) is 0 Å². The van der Waals surface area contributed by atoms with E-state index >= 15 is 0 Å². The average Bonchev–Trinajstić information content (AvgIpc) is 2.17. The fraction of sp³-hybridized carbons (Fsp3) is 0.100. The SMILES string of the molecule is Br.NC(=O)c1ccc2c(c1)CC=CO2. The Hall–Kier alpha value is -1.29. The molecular formula is C10H10BrNO2. The van der Waals surface area contributed by atoms with Crippen LogP contribution in [0.15, 0.2) is 30.5 Å². The van der Waals surface area contributed by atoms with Gasteiger partial charge < -0.3 is 10.5 Å². The molecule has 1 aromatic carbocycles. The molecule has 2 rings (SSSR count). The third-order valence-corrected chi connectivity index (χ3v) is 1.97. The quantitative estimate of drug-likeness (QED) is 0.833. The number of amides is 1. The minimum absolute atomic E-state index is 0. The van der Waals surface area contributed by atoms with Crippen LogP contribution in [0.5, 0.6) is 5.75 Å². The van der Waals surface area contributed by atoms with Gasteiger partial charge in [0.2, 0.25) is 5.91 Å². The highest BCUT2D eigenvalue weighted by atomic mass is 79.9. The Morgan fingerprint density at radius 2 is 2.21 bits per heavy atom. The van der Waals surface area contributed by atoms with E-state index in [0.717, 1.165) is 17.7 Å². The Balaban J connectivity index is 0.000000980. The first-order valence-electron chi connectivity index (χ1n) is 4.02. The first-order valence-corrected chi connectivity index (χ1v) is 4.02. The van der Waals surface area contributed by atoms with Gasteiger partial charge >= 0.3 is 0 Å². The molecule has 0 fully saturated rings. The number of benzene rings is 1. The van der Waals surface area contributed by atoms with E-state index in [0.29, 0.717) is 5.56 Å². The van der Waals surface area contributed by atoms with Crippen molar-refractivity contribution in [2.24, 2.45) is 5.73 Å². The van der Waals surface area contributed by atoms with Crippen molar-refractivity contribution in [3.8, 4) is 5.75 Å². The van der Waals surface area contributed by atoms with Crippen molar-refractivity contribution >= 4 is 22.9 Å². The summed E-state index contributed by atoms with van der Waals surface area (Å²) in [6.07, 6.45) is 4.33. The molecule has 0 spiro atoms. The Bertz CT molecular complexity index is 388. The fourth-order valence-corrected chi connectivity index (χ4v) is 1.30. The number of nitrogens with two attached hydrogens (primary N) is 1. The highest BCUT2D eigenvalue weighted by Crippen LogP contribution is 2.23. The maximum Gasteiger partial charge on any atom is 0.248 e. The van der Waals surface area contributed by atoms with Crippen molar-refractivity contribution in [2.45, 2.75) is 6.42 Å². The molecule has 2 N–H and O–H groups in total. The minimum atomic E-state index is -0.405. The van der Waals surface area contributed by atoms with Crippen molar-refractivity contribution < 1.29 is 9.53 Å². The second kappa shape index (κ2) is 4.28. The lowest BCUT2D eigenvalue weighted by Crippen LogP contribution is -2.11. The summed E-state index contributed by atoms with van der Waals surface area (Å²) in [5.41, 5.74) is 6.67. The van der Waals surface area contributed by atoms with Crippen molar-refractivity contribution in [2.75, 3.05) is 0 Å². The zero-order chi connectivity index (χ0) is 9.26. The minimum Gasteiger partial charge on any atom is -0.465 e. The van der Waals surface area contributed by atoms with Crippen LogP contribution in [-0.4, -0.2) is 5.91 Å². The number of halogens is 1. The molecule has 1 aliphatic heterocycles. The summed E-state index contributed by atoms with van der Waals surface area (Å²) in [5, 5.41) is 0. The van der Waals surface area contributed by atoms with E-state index in [4.69, 9.17) is 10.5 Å². The van der Waals surface area contributed by atoms with E-state index in [2.05, 4.69) is 0 Å². The maximum atomic E-state index is 10.9. The second-order valence-corrected chi connectivity index (χ2v) is 2.88. The molecular weight excluding hydrogens is 246 g/mol. The highest BCUT2D eigenvalue weighted by molar-refractivity contribution is 8.93. The third-order valence-electron chi connectivity index (χ3n) is 1.97. The van der Waals surface area contributed by atoms with Gasteiger partial charge in [-0.1, -0.05) is 0 Å². The first-order chi connectivity index (χ1) is 6.27. The van der Waals surface area contributed by atoms with Gasteiger partial charge in [0.1, 0.15) is 5.75 Å². The van der Waals surface area contributed by atoms with Crippen LogP contribution < -0.4 is 10.5 Å². The zero-order valence-corrected chi connectivity index (χ0v) is 9.11. The lowest BCUT2D eigenvalue weighted by atomic mass is 10.1. The number of carbonyl (C=O) groups excluding carboxylic acids is 1. The van der Waals surface area contributed by atoms with Crippen LogP contribution in [0.3, 0.4) is 0 Å². The van der Waals surface area contributed by atoms with Crippen LogP contribution in [0.1, 0.15) is 15.9 Å². The molecule has 0 unspecified atom stereocenters. The summed E-state index contributed by atoms with van der Waals surface area (Å²) in [7, 11) is 0. The number of rotatable bonds is 1. The van der Waals surface area contributed by atoms with Crippen molar-refractivity contribution in [1.29, 1.82) is 0 Å². The van der Waals surface area contributed by atoms with Gasteiger partial charge in [0.15, 0.2) is 0 Å². The average molecular weight is 256 g/mol. The molecule has 1 aliphatic rings. The molecule has 3 nitrogen and oxygen atoms in total. The van der Waals surface area contributed by atoms with Gasteiger partial charge in [-0.2, -0.15) is 0 Å². The molecule has 4 heteroatoms. The summed E-state index contributed by atoms with van der Waals surface area (Å²) >= 11 is 0. The number of fused-ring (bicyclic) bond motifs is 1. The van der Waals surface area contributed by atoms with E-state index in [9.17, 15) is 4.79 Å². The molecule has 1 heterocycles. The van der Waals surface area contributed by atoms with Crippen LogP contribution in [0.2, 0.25) is 0 Å². The maximum absolute atomic E-state index is 10.9. The standard InChI is InChI=1S/C10H9NO2.BrH/c11-10(12)8-3-4-9-7(6-8)2-1-5-13-9;/h1,3-6H,2H2,(H2,11,12);1H. The summed E-state index contributed by atoms with van der Waals surface area (Å²) in [5.74, 6) is 0.393. The lowest BCUT2D eigenvalue weighted by Gasteiger charge is -2.11. The molecule has 0 radical (unpaired) electrons.